The second-order valence-corrected chi connectivity index (χ2v) is 8.58. The molecule has 8 nitrogen and oxygen atoms in total. The van der Waals surface area contributed by atoms with Crippen molar-refractivity contribution in [3.8, 4) is 16.9 Å². The molecule has 0 aliphatic carbocycles. The molecule has 3 aromatic heterocycles. The Hall–Kier alpha value is -3.33. The lowest BCUT2D eigenvalue weighted by molar-refractivity contribution is 0.122. The number of aromatic nitrogens is 3. The Balaban J connectivity index is 1.42. The zero-order chi connectivity index (χ0) is 23.5. The van der Waals surface area contributed by atoms with Crippen LogP contribution < -0.4 is 15.2 Å². The van der Waals surface area contributed by atoms with Crippen molar-refractivity contribution in [2.45, 2.75) is 6.54 Å². The van der Waals surface area contributed by atoms with Crippen LogP contribution in [-0.2, 0) is 11.3 Å². The average Bonchev–Trinajstić information content (AvgIpc) is 3.27. The highest BCUT2D eigenvalue weighted by Gasteiger charge is 2.15. The predicted octanol–water partition coefficient (Wildman–Crippen LogP) is 3.30. The number of H-pyrrole nitrogens is 1. The summed E-state index contributed by atoms with van der Waals surface area (Å²) in [5, 5.41) is 10.5. The van der Waals surface area contributed by atoms with E-state index in [0.717, 1.165) is 46.5 Å². The van der Waals surface area contributed by atoms with Crippen LogP contribution in [0.3, 0.4) is 0 Å². The van der Waals surface area contributed by atoms with Gasteiger partial charge in [0.15, 0.2) is 0 Å². The Morgan fingerprint density at radius 3 is 2.82 bits per heavy atom. The number of pyridine rings is 2. The molecule has 1 aliphatic heterocycles. The number of aromatic amines is 1. The number of rotatable bonds is 7. The van der Waals surface area contributed by atoms with Crippen molar-refractivity contribution in [3.63, 3.8) is 0 Å². The maximum Gasteiger partial charge on any atom is 0.251 e. The Morgan fingerprint density at radius 1 is 1.18 bits per heavy atom. The van der Waals surface area contributed by atoms with Crippen LogP contribution in [-0.4, -0.2) is 59.2 Å². The summed E-state index contributed by atoms with van der Waals surface area (Å²) in [6.07, 6.45) is 5.54. The molecule has 9 heteroatoms. The lowest BCUT2D eigenvalue weighted by atomic mass is 10.1. The molecule has 2 N–H and O–H groups in total. The van der Waals surface area contributed by atoms with E-state index in [1.165, 1.54) is 0 Å². The van der Waals surface area contributed by atoms with Gasteiger partial charge in [-0.05, 0) is 41.5 Å². The smallest absolute Gasteiger partial charge is 0.251 e. The second kappa shape index (κ2) is 9.89. The maximum absolute atomic E-state index is 12.9. The molecule has 4 aromatic rings. The van der Waals surface area contributed by atoms with Gasteiger partial charge in [-0.1, -0.05) is 11.6 Å². The Labute approximate surface area is 201 Å². The second-order valence-electron chi connectivity index (χ2n) is 8.14. The van der Waals surface area contributed by atoms with Crippen LogP contribution in [0.4, 0.5) is 5.69 Å². The van der Waals surface area contributed by atoms with Gasteiger partial charge in [0.2, 0.25) is 0 Å². The van der Waals surface area contributed by atoms with E-state index in [4.69, 9.17) is 26.2 Å². The Bertz CT molecular complexity index is 1360. The number of hydrogen-bond acceptors (Lipinski definition) is 6. The molecule has 5 rings (SSSR count). The normalized spacial score (nSPS) is 14.0. The molecule has 0 radical (unpaired) electrons. The molecule has 34 heavy (non-hydrogen) atoms. The minimum atomic E-state index is -0.123. The number of ether oxygens (including phenoxy) is 2. The number of halogens is 1. The first-order valence-electron chi connectivity index (χ1n) is 11.1. The van der Waals surface area contributed by atoms with Crippen LogP contribution in [0.2, 0.25) is 5.02 Å². The number of nitrogens with one attached hydrogen (secondary N) is 1. The van der Waals surface area contributed by atoms with Gasteiger partial charge in [0.05, 0.1) is 38.2 Å². The van der Waals surface area contributed by atoms with Crippen LogP contribution in [0, 0.1) is 0 Å². The van der Waals surface area contributed by atoms with Crippen molar-refractivity contribution in [1.82, 2.24) is 14.5 Å². The highest BCUT2D eigenvalue weighted by Crippen LogP contribution is 2.30. The summed E-state index contributed by atoms with van der Waals surface area (Å²) in [6, 6.07) is 11.0. The van der Waals surface area contributed by atoms with Crippen LogP contribution in [0.1, 0.15) is 5.56 Å². The fourth-order valence-corrected chi connectivity index (χ4v) is 4.43. The van der Waals surface area contributed by atoms with Gasteiger partial charge in [0, 0.05) is 47.5 Å². The van der Waals surface area contributed by atoms with Crippen molar-refractivity contribution in [2.75, 3.05) is 44.4 Å². The minimum Gasteiger partial charge on any atom is -0.491 e. The van der Waals surface area contributed by atoms with Crippen molar-refractivity contribution < 1.29 is 14.6 Å². The topological polar surface area (TPSA) is 92.6 Å². The fraction of sp³-hybridized carbons (Fsp3) is 0.280. The van der Waals surface area contributed by atoms with Crippen LogP contribution >= 0.6 is 11.6 Å². The first-order valence-corrected chi connectivity index (χ1v) is 11.5. The quantitative estimate of drug-likeness (QED) is 0.421. The van der Waals surface area contributed by atoms with Gasteiger partial charge < -0.3 is 29.0 Å². The number of morpholine rings is 1. The predicted molar refractivity (Wildman–Crippen MR) is 132 cm³/mol. The zero-order valence-electron chi connectivity index (χ0n) is 18.5. The number of fused-ring (bicyclic) bond motifs is 1. The Morgan fingerprint density at radius 2 is 2.03 bits per heavy atom. The summed E-state index contributed by atoms with van der Waals surface area (Å²) in [4.78, 5) is 23.0. The molecule has 0 spiro atoms. The lowest BCUT2D eigenvalue weighted by Crippen LogP contribution is -2.36. The Kier molecular flexibility index (Phi) is 6.53. The van der Waals surface area contributed by atoms with Crippen molar-refractivity contribution in [2.24, 2.45) is 0 Å². The van der Waals surface area contributed by atoms with Crippen LogP contribution in [0.5, 0.6) is 5.75 Å². The summed E-state index contributed by atoms with van der Waals surface area (Å²) in [7, 11) is 0. The first-order chi connectivity index (χ1) is 16.6. The zero-order valence-corrected chi connectivity index (χ0v) is 19.3. The molecule has 4 heterocycles. The third-order valence-electron chi connectivity index (χ3n) is 5.84. The van der Waals surface area contributed by atoms with Gasteiger partial charge in [-0.15, -0.1) is 0 Å². The SMILES string of the molecule is O=c1cc(-c2c[nH]c3ncc(N4CCOCC4)cc23)ccn1Cc1cc(Cl)cc(OCCO)c1. The number of nitrogens with zero attached hydrogens (tertiary/aromatic N) is 3. The number of hydrogen-bond donors (Lipinski definition) is 2. The van der Waals surface area contributed by atoms with E-state index < -0.39 is 0 Å². The van der Waals surface area contributed by atoms with Crippen molar-refractivity contribution in [1.29, 1.82) is 0 Å². The van der Waals surface area contributed by atoms with Gasteiger partial charge >= 0.3 is 0 Å². The molecule has 1 fully saturated rings. The molecular weight excluding hydrogens is 456 g/mol. The molecule has 176 valence electrons. The molecular formula is C25H25ClN4O4. The molecule has 0 bridgehead atoms. The van der Waals surface area contributed by atoms with Gasteiger partial charge in [-0.25, -0.2) is 4.98 Å². The fourth-order valence-electron chi connectivity index (χ4n) is 4.19. The third kappa shape index (κ3) is 4.79. The highest BCUT2D eigenvalue weighted by atomic mass is 35.5. The molecule has 0 unspecified atom stereocenters. The van der Waals surface area contributed by atoms with Crippen molar-refractivity contribution in [3.05, 3.63) is 75.9 Å². The monoisotopic (exact) mass is 480 g/mol. The standard InChI is InChI=1S/C25H25ClN4O4/c26-19-9-17(10-21(12-19)34-8-5-31)16-30-2-1-18(11-24(30)32)23-15-28-25-22(23)13-20(14-27-25)29-3-6-33-7-4-29/h1-2,9-15,31H,3-8,16H2,(H,27,28). The molecule has 1 saturated heterocycles. The van der Waals surface area contributed by atoms with Gasteiger partial charge in [0.25, 0.3) is 5.56 Å². The van der Waals surface area contributed by atoms with E-state index in [1.807, 2.05) is 24.5 Å². The number of anilines is 1. The lowest BCUT2D eigenvalue weighted by Gasteiger charge is -2.28. The van der Waals surface area contributed by atoms with E-state index in [1.54, 1.807) is 29.0 Å². The number of benzene rings is 1. The van der Waals surface area contributed by atoms with Gasteiger partial charge in [-0.2, -0.15) is 0 Å². The molecule has 0 amide bonds. The van der Waals surface area contributed by atoms with E-state index in [9.17, 15) is 4.79 Å². The first kappa shape index (κ1) is 22.5. The molecule has 1 aromatic carbocycles. The summed E-state index contributed by atoms with van der Waals surface area (Å²) in [5.41, 5.74) is 4.30. The molecule has 0 saturated carbocycles. The summed E-state index contributed by atoms with van der Waals surface area (Å²) in [5.74, 6) is 0.559. The van der Waals surface area contributed by atoms with E-state index in [0.29, 0.717) is 30.5 Å². The van der Waals surface area contributed by atoms with Crippen LogP contribution in [0.25, 0.3) is 22.2 Å². The highest BCUT2D eigenvalue weighted by molar-refractivity contribution is 6.30. The van der Waals surface area contributed by atoms with Gasteiger partial charge in [-0.3, -0.25) is 4.79 Å². The van der Waals surface area contributed by atoms with Crippen molar-refractivity contribution >= 4 is 28.3 Å². The van der Waals surface area contributed by atoms with E-state index in [-0.39, 0.29) is 18.8 Å². The summed E-state index contributed by atoms with van der Waals surface area (Å²) in [6.45, 7) is 3.53. The number of aliphatic hydroxyl groups excluding tert-OH is 1. The van der Waals surface area contributed by atoms with Crippen LogP contribution in [0.15, 0.2) is 59.8 Å². The third-order valence-corrected chi connectivity index (χ3v) is 6.06. The minimum absolute atomic E-state index is 0.0833. The van der Waals surface area contributed by atoms with E-state index >= 15 is 0 Å². The summed E-state index contributed by atoms with van der Waals surface area (Å²) < 4.78 is 12.5. The largest absolute Gasteiger partial charge is 0.491 e. The number of aliphatic hydroxyl groups is 1. The average molecular weight is 481 g/mol. The summed E-state index contributed by atoms with van der Waals surface area (Å²) >= 11 is 6.20. The maximum atomic E-state index is 12.9. The molecule has 1 aliphatic rings. The molecule has 0 atom stereocenters. The van der Waals surface area contributed by atoms with E-state index in [2.05, 4.69) is 20.9 Å². The van der Waals surface area contributed by atoms with Gasteiger partial charge in [0.1, 0.15) is 18.0 Å².